The minimum absolute atomic E-state index is 0.0724. The first-order valence-electron chi connectivity index (χ1n) is 5.55. The van der Waals surface area contributed by atoms with Crippen molar-refractivity contribution < 1.29 is 9.90 Å². The van der Waals surface area contributed by atoms with Gasteiger partial charge in [0.15, 0.2) is 5.13 Å². The molecule has 0 atom stereocenters. The Bertz CT molecular complexity index is 703. The van der Waals surface area contributed by atoms with Gasteiger partial charge in [0.05, 0.1) is 22.6 Å². The quantitative estimate of drug-likeness (QED) is 0.741. The van der Waals surface area contributed by atoms with Crippen LogP contribution in [0.25, 0.3) is 0 Å². The first-order valence-corrected chi connectivity index (χ1v) is 6.74. The van der Waals surface area contributed by atoms with Crippen molar-refractivity contribution in [1.82, 2.24) is 4.98 Å². The zero-order chi connectivity index (χ0) is 14.5. The maximum Gasteiger partial charge on any atom is 0.257 e. The number of amides is 1. The molecule has 0 aliphatic rings. The number of nitrogens with two attached hydrogens (primary N) is 1. The van der Waals surface area contributed by atoms with Crippen molar-refractivity contribution in [2.75, 3.05) is 11.9 Å². The lowest BCUT2D eigenvalue weighted by molar-refractivity contribution is 0.102. The van der Waals surface area contributed by atoms with Crippen LogP contribution >= 0.6 is 22.9 Å². The van der Waals surface area contributed by atoms with E-state index in [1.165, 1.54) is 29.5 Å². The van der Waals surface area contributed by atoms with Crippen LogP contribution in [0.2, 0.25) is 5.02 Å². The van der Waals surface area contributed by atoms with E-state index in [4.69, 9.17) is 17.3 Å². The Labute approximate surface area is 124 Å². The van der Waals surface area contributed by atoms with E-state index in [1.54, 1.807) is 6.20 Å². The minimum atomic E-state index is -0.361. The van der Waals surface area contributed by atoms with Gasteiger partial charge in [0.1, 0.15) is 5.75 Å². The van der Waals surface area contributed by atoms with Gasteiger partial charge in [-0.05, 0) is 18.2 Å². The normalized spacial score (nSPS) is 9.70. The topological polar surface area (TPSA) is 88.2 Å². The summed E-state index contributed by atoms with van der Waals surface area (Å²) in [5.41, 5.74) is 5.61. The van der Waals surface area contributed by atoms with Gasteiger partial charge in [-0.3, -0.25) is 10.1 Å². The van der Waals surface area contributed by atoms with Crippen LogP contribution < -0.4 is 11.1 Å². The number of benzene rings is 1. The van der Waals surface area contributed by atoms with Crippen LogP contribution in [0, 0.1) is 11.8 Å². The maximum absolute atomic E-state index is 12.0. The summed E-state index contributed by atoms with van der Waals surface area (Å²) in [5.74, 6) is 5.10. The summed E-state index contributed by atoms with van der Waals surface area (Å²) in [6, 6.07) is 4.21. The lowest BCUT2D eigenvalue weighted by Crippen LogP contribution is -2.11. The van der Waals surface area contributed by atoms with Crippen LogP contribution in [0.3, 0.4) is 0 Å². The average Bonchev–Trinajstić information content (AvgIpc) is 2.87. The molecule has 2 aromatic rings. The Balaban J connectivity index is 2.11. The number of nitrogens with zero attached hydrogens (tertiary/aromatic N) is 1. The molecule has 1 aromatic carbocycles. The lowest BCUT2D eigenvalue weighted by Gasteiger charge is -2.03. The number of carbonyl (C=O) groups excluding carboxylic acids is 1. The molecule has 1 amide bonds. The van der Waals surface area contributed by atoms with Crippen LogP contribution in [0.15, 0.2) is 24.4 Å². The Morgan fingerprint density at radius 1 is 1.55 bits per heavy atom. The monoisotopic (exact) mass is 307 g/mol. The highest BCUT2D eigenvalue weighted by Crippen LogP contribution is 2.24. The molecule has 0 spiro atoms. The third-order valence-electron chi connectivity index (χ3n) is 2.25. The van der Waals surface area contributed by atoms with Crippen LogP contribution in [-0.4, -0.2) is 22.5 Å². The lowest BCUT2D eigenvalue weighted by atomic mass is 10.2. The second-order valence-electron chi connectivity index (χ2n) is 3.66. The molecular weight excluding hydrogens is 298 g/mol. The number of phenols is 1. The summed E-state index contributed by atoms with van der Waals surface area (Å²) >= 11 is 7.00. The van der Waals surface area contributed by atoms with E-state index in [-0.39, 0.29) is 23.2 Å². The van der Waals surface area contributed by atoms with E-state index >= 15 is 0 Å². The highest BCUT2D eigenvalue weighted by molar-refractivity contribution is 7.16. The number of hydrogen-bond acceptors (Lipinski definition) is 5. The smallest absolute Gasteiger partial charge is 0.257 e. The van der Waals surface area contributed by atoms with E-state index in [2.05, 4.69) is 22.1 Å². The van der Waals surface area contributed by atoms with Crippen molar-refractivity contribution in [2.45, 2.75) is 0 Å². The molecule has 5 nitrogen and oxygen atoms in total. The number of thiazole rings is 1. The molecule has 0 fully saturated rings. The van der Waals surface area contributed by atoms with Crippen molar-refractivity contribution in [1.29, 1.82) is 0 Å². The fourth-order valence-corrected chi connectivity index (χ4v) is 2.21. The maximum atomic E-state index is 12.0. The third-order valence-corrected chi connectivity index (χ3v) is 3.38. The van der Waals surface area contributed by atoms with Gasteiger partial charge in [0, 0.05) is 5.56 Å². The van der Waals surface area contributed by atoms with Crippen molar-refractivity contribution in [3.63, 3.8) is 0 Å². The molecule has 20 heavy (non-hydrogen) atoms. The van der Waals surface area contributed by atoms with E-state index in [0.717, 1.165) is 4.88 Å². The molecule has 0 unspecified atom stereocenters. The average molecular weight is 308 g/mol. The van der Waals surface area contributed by atoms with Gasteiger partial charge in [-0.25, -0.2) is 4.98 Å². The largest absolute Gasteiger partial charge is 0.506 e. The van der Waals surface area contributed by atoms with Crippen molar-refractivity contribution in [2.24, 2.45) is 5.73 Å². The number of halogens is 1. The fourth-order valence-electron chi connectivity index (χ4n) is 1.35. The van der Waals surface area contributed by atoms with E-state index in [0.29, 0.717) is 10.7 Å². The highest BCUT2D eigenvalue weighted by atomic mass is 35.5. The molecule has 0 radical (unpaired) electrons. The van der Waals surface area contributed by atoms with Gasteiger partial charge in [0.2, 0.25) is 0 Å². The van der Waals surface area contributed by atoms with E-state index in [9.17, 15) is 9.90 Å². The third kappa shape index (κ3) is 3.48. The predicted molar refractivity (Wildman–Crippen MR) is 79.1 cm³/mol. The van der Waals surface area contributed by atoms with E-state index in [1.807, 2.05) is 0 Å². The summed E-state index contributed by atoms with van der Waals surface area (Å²) in [5, 5.41) is 12.5. The number of hydrogen-bond donors (Lipinski definition) is 3. The molecule has 1 aromatic heterocycles. The first-order chi connectivity index (χ1) is 9.60. The number of carbonyl (C=O) groups is 1. The van der Waals surface area contributed by atoms with Gasteiger partial charge in [-0.15, -0.1) is 0 Å². The summed E-state index contributed by atoms with van der Waals surface area (Å²) in [6.45, 7) is 0.269. The fraction of sp³-hybridized carbons (Fsp3) is 0.0769. The number of nitrogens with one attached hydrogen (secondary N) is 1. The second kappa shape index (κ2) is 6.39. The zero-order valence-corrected chi connectivity index (χ0v) is 11.8. The number of rotatable bonds is 2. The van der Waals surface area contributed by atoms with Gasteiger partial charge in [-0.2, -0.15) is 0 Å². The van der Waals surface area contributed by atoms with Gasteiger partial charge in [-0.1, -0.05) is 34.8 Å². The van der Waals surface area contributed by atoms with Crippen LogP contribution in [0.5, 0.6) is 5.75 Å². The van der Waals surface area contributed by atoms with Crippen LogP contribution in [0.1, 0.15) is 15.2 Å². The number of aromatic nitrogens is 1. The standard InChI is InChI=1S/C13H10ClN3O2S/c14-10-6-8(3-4-11(10)18)12(19)17-13-16-7-9(20-13)2-1-5-15/h3-4,6-7,18H,5,15H2,(H,16,17,19). The highest BCUT2D eigenvalue weighted by Gasteiger charge is 2.10. The number of anilines is 1. The molecule has 7 heteroatoms. The summed E-state index contributed by atoms with van der Waals surface area (Å²) in [7, 11) is 0. The number of phenolic OH excluding ortho intramolecular Hbond substituents is 1. The molecule has 2 rings (SSSR count). The van der Waals surface area contributed by atoms with Gasteiger partial charge >= 0.3 is 0 Å². The summed E-state index contributed by atoms with van der Waals surface area (Å²) in [4.78, 5) is 16.7. The Morgan fingerprint density at radius 2 is 2.35 bits per heavy atom. The molecule has 4 N–H and O–H groups in total. The van der Waals surface area contributed by atoms with Gasteiger partial charge in [0.25, 0.3) is 5.91 Å². The Morgan fingerprint density at radius 3 is 3.05 bits per heavy atom. The van der Waals surface area contributed by atoms with Crippen molar-refractivity contribution in [3.05, 3.63) is 39.9 Å². The van der Waals surface area contributed by atoms with Crippen molar-refractivity contribution >= 4 is 34.0 Å². The molecule has 0 aliphatic heterocycles. The molecule has 0 bridgehead atoms. The Kier molecular flexibility index (Phi) is 4.58. The minimum Gasteiger partial charge on any atom is -0.506 e. The Hall–Kier alpha value is -2.07. The molecule has 0 saturated carbocycles. The summed E-state index contributed by atoms with van der Waals surface area (Å²) in [6.07, 6.45) is 1.56. The first kappa shape index (κ1) is 14.3. The predicted octanol–water partition coefficient (Wildman–Crippen LogP) is 2.06. The van der Waals surface area contributed by atoms with E-state index < -0.39 is 0 Å². The molecule has 102 valence electrons. The summed E-state index contributed by atoms with van der Waals surface area (Å²) < 4.78 is 0. The molecular formula is C13H10ClN3O2S. The zero-order valence-electron chi connectivity index (χ0n) is 10.2. The number of aromatic hydroxyl groups is 1. The van der Waals surface area contributed by atoms with Crippen molar-refractivity contribution in [3.8, 4) is 17.6 Å². The van der Waals surface area contributed by atoms with Gasteiger partial charge < -0.3 is 10.8 Å². The SMILES string of the molecule is NCC#Cc1cnc(NC(=O)c2ccc(O)c(Cl)c2)s1. The molecule has 0 saturated heterocycles. The second-order valence-corrected chi connectivity index (χ2v) is 5.09. The molecule has 1 heterocycles. The van der Waals surface area contributed by atoms with Crippen LogP contribution in [-0.2, 0) is 0 Å². The van der Waals surface area contributed by atoms with Crippen LogP contribution in [0.4, 0.5) is 5.13 Å². The molecule has 0 aliphatic carbocycles.